The zero-order chi connectivity index (χ0) is 12.4. The first-order valence-electron chi connectivity index (χ1n) is 6.52. The van der Waals surface area contributed by atoms with Gasteiger partial charge in [-0.05, 0) is 37.6 Å². The molecular formula is C13H19N5. The summed E-state index contributed by atoms with van der Waals surface area (Å²) in [7, 11) is 2.15. The molecule has 1 aromatic heterocycles. The van der Waals surface area contributed by atoms with Crippen molar-refractivity contribution >= 4 is 11.0 Å². The summed E-state index contributed by atoms with van der Waals surface area (Å²) < 4.78 is 0. The smallest absolute Gasteiger partial charge is 0.113 e. The van der Waals surface area contributed by atoms with E-state index in [1.54, 1.807) is 0 Å². The molecule has 2 N–H and O–H groups in total. The lowest BCUT2D eigenvalue weighted by atomic mass is 10.2. The summed E-state index contributed by atoms with van der Waals surface area (Å²) in [6.07, 6.45) is 2.71. The molecule has 1 heterocycles. The normalized spacial score (nSPS) is 15.7. The van der Waals surface area contributed by atoms with Gasteiger partial charge in [0.1, 0.15) is 11.0 Å². The highest BCUT2D eigenvalue weighted by molar-refractivity contribution is 5.74. The first-order chi connectivity index (χ1) is 8.81. The Kier molecular flexibility index (Phi) is 3.25. The lowest BCUT2D eigenvalue weighted by molar-refractivity contribution is 0.324. The van der Waals surface area contributed by atoms with E-state index in [2.05, 4.69) is 44.8 Å². The summed E-state index contributed by atoms with van der Waals surface area (Å²) in [5.74, 6) is 0. The van der Waals surface area contributed by atoms with E-state index in [0.29, 0.717) is 0 Å². The number of nitrogens with zero attached hydrogens (tertiary/aromatic N) is 3. The molecule has 0 saturated heterocycles. The summed E-state index contributed by atoms with van der Waals surface area (Å²) >= 11 is 0. The molecule has 5 heteroatoms. The number of fused-ring (bicyclic) bond motifs is 1. The van der Waals surface area contributed by atoms with E-state index in [9.17, 15) is 0 Å². The molecule has 0 unspecified atom stereocenters. The van der Waals surface area contributed by atoms with Crippen LogP contribution >= 0.6 is 0 Å². The van der Waals surface area contributed by atoms with E-state index in [0.717, 1.165) is 36.7 Å². The van der Waals surface area contributed by atoms with Gasteiger partial charge in [-0.25, -0.2) is 0 Å². The fraction of sp³-hybridized carbons (Fsp3) is 0.538. The van der Waals surface area contributed by atoms with Gasteiger partial charge in [0.25, 0.3) is 0 Å². The first-order valence-corrected chi connectivity index (χ1v) is 6.52. The number of rotatable bonds is 6. The Morgan fingerprint density at radius 2 is 2.17 bits per heavy atom. The SMILES string of the molecule is CN(CCNC1CC1)Cc1ccc2n[nH]nc2c1. The average molecular weight is 245 g/mol. The van der Waals surface area contributed by atoms with E-state index >= 15 is 0 Å². The molecule has 0 amide bonds. The van der Waals surface area contributed by atoms with E-state index in [4.69, 9.17) is 0 Å². The lowest BCUT2D eigenvalue weighted by Crippen LogP contribution is -2.30. The molecule has 0 aliphatic heterocycles. The van der Waals surface area contributed by atoms with Crippen molar-refractivity contribution in [1.82, 2.24) is 25.6 Å². The van der Waals surface area contributed by atoms with Crippen LogP contribution < -0.4 is 5.32 Å². The van der Waals surface area contributed by atoms with Gasteiger partial charge in [-0.3, -0.25) is 0 Å². The molecule has 2 aromatic rings. The lowest BCUT2D eigenvalue weighted by Gasteiger charge is -2.16. The predicted molar refractivity (Wildman–Crippen MR) is 71.2 cm³/mol. The fourth-order valence-corrected chi connectivity index (χ4v) is 2.12. The second kappa shape index (κ2) is 5.04. The molecule has 18 heavy (non-hydrogen) atoms. The summed E-state index contributed by atoms with van der Waals surface area (Å²) in [4.78, 5) is 2.33. The van der Waals surface area contributed by atoms with Gasteiger partial charge in [0, 0.05) is 25.7 Å². The molecule has 0 spiro atoms. The third-order valence-electron chi connectivity index (χ3n) is 3.34. The van der Waals surface area contributed by atoms with E-state index < -0.39 is 0 Å². The molecule has 1 aliphatic carbocycles. The van der Waals surface area contributed by atoms with Crippen LogP contribution in [0.1, 0.15) is 18.4 Å². The van der Waals surface area contributed by atoms with Crippen LogP contribution in [0.25, 0.3) is 11.0 Å². The molecular weight excluding hydrogens is 226 g/mol. The van der Waals surface area contributed by atoms with Crippen molar-refractivity contribution in [2.45, 2.75) is 25.4 Å². The van der Waals surface area contributed by atoms with Crippen molar-refractivity contribution in [3.63, 3.8) is 0 Å². The van der Waals surface area contributed by atoms with Crippen molar-refractivity contribution in [2.75, 3.05) is 20.1 Å². The van der Waals surface area contributed by atoms with Crippen LogP contribution in [0.2, 0.25) is 0 Å². The highest BCUT2D eigenvalue weighted by Gasteiger charge is 2.19. The average Bonchev–Trinajstić information content (AvgIpc) is 3.06. The summed E-state index contributed by atoms with van der Waals surface area (Å²) in [6, 6.07) is 7.04. The molecule has 5 nitrogen and oxygen atoms in total. The molecule has 1 aromatic carbocycles. The minimum Gasteiger partial charge on any atom is -0.313 e. The predicted octanol–water partition coefficient (Wildman–Crippen LogP) is 1.14. The Labute approximate surface area is 107 Å². The summed E-state index contributed by atoms with van der Waals surface area (Å²) in [5.41, 5.74) is 3.15. The summed E-state index contributed by atoms with van der Waals surface area (Å²) in [6.45, 7) is 3.11. The number of benzene rings is 1. The van der Waals surface area contributed by atoms with Crippen molar-refractivity contribution < 1.29 is 0 Å². The van der Waals surface area contributed by atoms with Crippen molar-refractivity contribution in [3.8, 4) is 0 Å². The molecule has 3 rings (SSSR count). The number of likely N-dealkylation sites (N-methyl/N-ethyl adjacent to an activating group) is 1. The number of hydrogen-bond acceptors (Lipinski definition) is 4. The second-order valence-electron chi connectivity index (χ2n) is 5.11. The number of aromatic amines is 1. The Morgan fingerprint density at radius 3 is 3.00 bits per heavy atom. The first kappa shape index (κ1) is 11.6. The van der Waals surface area contributed by atoms with Crippen LogP contribution in [0.4, 0.5) is 0 Å². The van der Waals surface area contributed by atoms with Crippen LogP contribution in [-0.4, -0.2) is 46.5 Å². The van der Waals surface area contributed by atoms with Crippen LogP contribution in [0.3, 0.4) is 0 Å². The minimum absolute atomic E-state index is 0.796. The Hall–Kier alpha value is -1.46. The maximum absolute atomic E-state index is 4.11. The molecule has 1 fully saturated rings. The van der Waals surface area contributed by atoms with Gasteiger partial charge in [0.2, 0.25) is 0 Å². The third-order valence-corrected chi connectivity index (χ3v) is 3.34. The molecule has 0 atom stereocenters. The van der Waals surface area contributed by atoms with Crippen molar-refractivity contribution in [1.29, 1.82) is 0 Å². The molecule has 96 valence electrons. The zero-order valence-electron chi connectivity index (χ0n) is 10.7. The van der Waals surface area contributed by atoms with Crippen LogP contribution in [0.15, 0.2) is 18.2 Å². The van der Waals surface area contributed by atoms with Crippen LogP contribution in [0, 0.1) is 0 Å². The zero-order valence-corrected chi connectivity index (χ0v) is 10.7. The monoisotopic (exact) mass is 245 g/mol. The van der Waals surface area contributed by atoms with Gasteiger partial charge >= 0.3 is 0 Å². The Morgan fingerprint density at radius 1 is 1.33 bits per heavy atom. The van der Waals surface area contributed by atoms with Gasteiger partial charge in [0.15, 0.2) is 0 Å². The van der Waals surface area contributed by atoms with Crippen LogP contribution in [0.5, 0.6) is 0 Å². The summed E-state index contributed by atoms with van der Waals surface area (Å²) in [5, 5.41) is 14.3. The minimum atomic E-state index is 0.796. The van der Waals surface area contributed by atoms with Gasteiger partial charge in [0.05, 0.1) is 0 Å². The number of aromatic nitrogens is 3. The Balaban J connectivity index is 1.53. The van der Waals surface area contributed by atoms with Crippen molar-refractivity contribution in [3.05, 3.63) is 23.8 Å². The quantitative estimate of drug-likeness (QED) is 0.801. The second-order valence-corrected chi connectivity index (χ2v) is 5.11. The third kappa shape index (κ3) is 2.86. The Bertz CT molecular complexity index is 517. The van der Waals surface area contributed by atoms with E-state index in [1.807, 2.05) is 6.07 Å². The van der Waals surface area contributed by atoms with Gasteiger partial charge in [-0.15, -0.1) is 0 Å². The molecule has 0 radical (unpaired) electrons. The molecule has 1 aliphatic rings. The van der Waals surface area contributed by atoms with E-state index in [-0.39, 0.29) is 0 Å². The highest BCUT2D eigenvalue weighted by Crippen LogP contribution is 2.18. The van der Waals surface area contributed by atoms with Gasteiger partial charge in [-0.1, -0.05) is 6.07 Å². The number of H-pyrrole nitrogens is 1. The van der Waals surface area contributed by atoms with Gasteiger partial charge in [-0.2, -0.15) is 15.4 Å². The van der Waals surface area contributed by atoms with Crippen LogP contribution in [-0.2, 0) is 6.54 Å². The van der Waals surface area contributed by atoms with Crippen molar-refractivity contribution in [2.24, 2.45) is 0 Å². The largest absolute Gasteiger partial charge is 0.313 e. The topological polar surface area (TPSA) is 56.8 Å². The molecule has 0 bridgehead atoms. The maximum Gasteiger partial charge on any atom is 0.113 e. The van der Waals surface area contributed by atoms with E-state index in [1.165, 1.54) is 18.4 Å². The highest BCUT2D eigenvalue weighted by atomic mass is 15.3. The number of hydrogen-bond donors (Lipinski definition) is 2. The molecule has 1 saturated carbocycles. The maximum atomic E-state index is 4.11. The standard InChI is InChI=1S/C13H19N5/c1-18(7-6-14-11-3-4-11)9-10-2-5-12-13(8-10)16-17-15-12/h2,5,8,11,14H,3-4,6-7,9H2,1H3,(H,15,16,17). The number of nitrogens with one attached hydrogen (secondary N) is 2. The van der Waals surface area contributed by atoms with Gasteiger partial charge < -0.3 is 10.2 Å². The fourth-order valence-electron chi connectivity index (χ4n) is 2.12.